The second-order valence-corrected chi connectivity index (χ2v) is 8.44. The van der Waals surface area contributed by atoms with Crippen molar-refractivity contribution in [2.75, 3.05) is 26.2 Å². The van der Waals surface area contributed by atoms with Crippen LogP contribution in [0.4, 0.5) is 0 Å². The Morgan fingerprint density at radius 3 is 2.74 bits per heavy atom. The van der Waals surface area contributed by atoms with Gasteiger partial charge in [0.2, 0.25) is 5.91 Å². The second kappa shape index (κ2) is 8.65. The minimum atomic E-state index is 0.200. The van der Waals surface area contributed by atoms with Gasteiger partial charge in [0.25, 0.3) is 0 Å². The number of hydrogen-bond acceptors (Lipinski definition) is 5. The van der Waals surface area contributed by atoms with E-state index in [1.165, 1.54) is 25.7 Å². The smallest absolute Gasteiger partial charge is 0.224 e. The molecule has 0 aromatic carbocycles. The molecule has 0 spiro atoms. The lowest BCUT2D eigenvalue weighted by atomic mass is 9.93. The van der Waals surface area contributed by atoms with Gasteiger partial charge in [0.1, 0.15) is 5.82 Å². The van der Waals surface area contributed by atoms with E-state index in [0.717, 1.165) is 63.5 Å². The van der Waals surface area contributed by atoms with E-state index in [0.29, 0.717) is 18.0 Å². The Kier molecular flexibility index (Phi) is 6.03. The molecule has 2 aliphatic heterocycles. The Morgan fingerprint density at radius 1 is 1.19 bits per heavy atom. The molecule has 1 N–H and O–H groups in total. The van der Waals surface area contributed by atoms with Crippen molar-refractivity contribution < 1.29 is 4.79 Å². The molecule has 2 saturated heterocycles. The van der Waals surface area contributed by atoms with E-state index in [9.17, 15) is 4.79 Å². The summed E-state index contributed by atoms with van der Waals surface area (Å²) in [6.07, 6.45) is 9.73. The summed E-state index contributed by atoms with van der Waals surface area (Å²) in [5.74, 6) is 1.44. The van der Waals surface area contributed by atoms with Crippen molar-refractivity contribution in [3.8, 4) is 0 Å². The SMILES string of the molecule is CCc1nccc(CN2CCC(N3CCCC(C(=O)NC4CC4)C3)CC2)n1. The molecule has 4 rings (SSSR count). The number of carbonyl (C=O) groups excluding carboxylic acids is 1. The number of likely N-dealkylation sites (tertiary alicyclic amines) is 2. The van der Waals surface area contributed by atoms with E-state index in [-0.39, 0.29) is 5.92 Å². The Bertz CT molecular complexity index is 639. The number of nitrogens with one attached hydrogen (secondary N) is 1. The van der Waals surface area contributed by atoms with E-state index in [1.807, 2.05) is 12.3 Å². The van der Waals surface area contributed by atoms with Crippen LogP contribution >= 0.6 is 0 Å². The van der Waals surface area contributed by atoms with Crippen LogP contribution in [0.25, 0.3) is 0 Å². The van der Waals surface area contributed by atoms with Crippen LogP contribution in [0, 0.1) is 5.92 Å². The van der Waals surface area contributed by atoms with Crippen LogP contribution in [-0.4, -0.2) is 63.9 Å². The molecule has 3 aliphatic rings. The molecule has 3 fully saturated rings. The molecule has 6 nitrogen and oxygen atoms in total. The topological polar surface area (TPSA) is 61.4 Å². The monoisotopic (exact) mass is 371 g/mol. The van der Waals surface area contributed by atoms with Gasteiger partial charge in [0, 0.05) is 50.9 Å². The molecule has 1 aromatic heterocycles. The van der Waals surface area contributed by atoms with Crippen LogP contribution in [0.5, 0.6) is 0 Å². The zero-order chi connectivity index (χ0) is 18.6. The number of hydrogen-bond donors (Lipinski definition) is 1. The van der Waals surface area contributed by atoms with Crippen LogP contribution in [0.15, 0.2) is 12.3 Å². The van der Waals surface area contributed by atoms with Crippen molar-refractivity contribution in [2.45, 2.75) is 70.5 Å². The fraction of sp³-hybridized carbons (Fsp3) is 0.762. The average Bonchev–Trinajstić information content (AvgIpc) is 3.53. The van der Waals surface area contributed by atoms with Crippen molar-refractivity contribution >= 4 is 5.91 Å². The molecular weight excluding hydrogens is 338 g/mol. The van der Waals surface area contributed by atoms with Crippen LogP contribution in [0.1, 0.15) is 57.0 Å². The number of nitrogens with zero attached hydrogens (tertiary/aromatic N) is 4. The van der Waals surface area contributed by atoms with Gasteiger partial charge < -0.3 is 5.32 Å². The van der Waals surface area contributed by atoms with E-state index >= 15 is 0 Å². The molecule has 1 aromatic rings. The fourth-order valence-corrected chi connectivity index (χ4v) is 4.47. The largest absolute Gasteiger partial charge is 0.353 e. The van der Waals surface area contributed by atoms with Crippen LogP contribution in [0.3, 0.4) is 0 Å². The van der Waals surface area contributed by atoms with Gasteiger partial charge in [-0.15, -0.1) is 0 Å². The van der Waals surface area contributed by atoms with Crippen molar-refractivity contribution in [1.29, 1.82) is 0 Å². The number of carbonyl (C=O) groups is 1. The first kappa shape index (κ1) is 18.8. The summed E-state index contributed by atoms with van der Waals surface area (Å²) >= 11 is 0. The Hall–Kier alpha value is -1.53. The molecule has 27 heavy (non-hydrogen) atoms. The summed E-state index contributed by atoms with van der Waals surface area (Å²) in [6.45, 7) is 7.37. The van der Waals surface area contributed by atoms with Crippen molar-refractivity contribution in [1.82, 2.24) is 25.1 Å². The van der Waals surface area contributed by atoms with Crippen LogP contribution in [0.2, 0.25) is 0 Å². The summed E-state index contributed by atoms with van der Waals surface area (Å²) in [5, 5.41) is 3.20. The third kappa shape index (κ3) is 5.05. The first-order valence-electron chi connectivity index (χ1n) is 10.8. The average molecular weight is 372 g/mol. The fourth-order valence-electron chi connectivity index (χ4n) is 4.47. The van der Waals surface area contributed by atoms with E-state index in [4.69, 9.17) is 0 Å². The van der Waals surface area contributed by atoms with Gasteiger partial charge in [-0.3, -0.25) is 14.6 Å². The van der Waals surface area contributed by atoms with E-state index < -0.39 is 0 Å². The van der Waals surface area contributed by atoms with Gasteiger partial charge in [-0.2, -0.15) is 0 Å². The van der Waals surface area contributed by atoms with Gasteiger partial charge in [0.15, 0.2) is 0 Å². The molecule has 1 saturated carbocycles. The van der Waals surface area contributed by atoms with Gasteiger partial charge in [-0.25, -0.2) is 9.97 Å². The molecule has 1 atom stereocenters. The molecule has 1 aliphatic carbocycles. The molecule has 0 bridgehead atoms. The maximum atomic E-state index is 12.4. The van der Waals surface area contributed by atoms with Gasteiger partial charge in [0.05, 0.1) is 11.6 Å². The zero-order valence-corrected chi connectivity index (χ0v) is 16.6. The highest BCUT2D eigenvalue weighted by Crippen LogP contribution is 2.26. The Labute approximate surface area is 162 Å². The third-order valence-corrected chi connectivity index (χ3v) is 6.29. The predicted octanol–water partition coefficient (Wildman–Crippen LogP) is 1.99. The number of piperidine rings is 2. The van der Waals surface area contributed by atoms with Crippen molar-refractivity contribution in [3.63, 3.8) is 0 Å². The third-order valence-electron chi connectivity index (χ3n) is 6.29. The van der Waals surface area contributed by atoms with Crippen molar-refractivity contribution in [2.24, 2.45) is 5.92 Å². The highest BCUT2D eigenvalue weighted by atomic mass is 16.2. The summed E-state index contributed by atoms with van der Waals surface area (Å²) in [7, 11) is 0. The normalized spacial score (nSPS) is 25.4. The van der Waals surface area contributed by atoms with Crippen LogP contribution < -0.4 is 5.32 Å². The summed E-state index contributed by atoms with van der Waals surface area (Å²) in [6, 6.07) is 3.15. The minimum absolute atomic E-state index is 0.200. The molecule has 1 amide bonds. The first-order valence-corrected chi connectivity index (χ1v) is 10.8. The standard InChI is InChI=1S/C21H33N5O/c1-2-20-22-10-7-18(23-20)15-25-12-8-19(9-13-25)26-11-3-4-16(14-26)21(27)24-17-5-6-17/h7,10,16-17,19H,2-6,8-9,11-15H2,1H3,(H,24,27). The number of aryl methyl sites for hydroxylation is 1. The maximum absolute atomic E-state index is 12.4. The van der Waals surface area contributed by atoms with E-state index in [1.54, 1.807) is 0 Å². The molecule has 3 heterocycles. The maximum Gasteiger partial charge on any atom is 0.224 e. The summed E-state index contributed by atoms with van der Waals surface area (Å²) in [4.78, 5) is 26.5. The lowest BCUT2D eigenvalue weighted by molar-refractivity contribution is -0.127. The lowest BCUT2D eigenvalue weighted by Gasteiger charge is -2.42. The molecule has 1 unspecified atom stereocenters. The number of rotatable bonds is 6. The molecular formula is C21H33N5O. The van der Waals surface area contributed by atoms with Gasteiger partial charge >= 0.3 is 0 Å². The Balaban J connectivity index is 1.25. The second-order valence-electron chi connectivity index (χ2n) is 8.44. The zero-order valence-electron chi connectivity index (χ0n) is 16.6. The number of aromatic nitrogens is 2. The molecule has 6 heteroatoms. The number of amides is 1. The van der Waals surface area contributed by atoms with Gasteiger partial charge in [-0.1, -0.05) is 6.92 Å². The highest BCUT2D eigenvalue weighted by molar-refractivity contribution is 5.79. The van der Waals surface area contributed by atoms with E-state index in [2.05, 4.69) is 32.0 Å². The van der Waals surface area contributed by atoms with Crippen LogP contribution in [-0.2, 0) is 17.8 Å². The summed E-state index contributed by atoms with van der Waals surface area (Å²) < 4.78 is 0. The molecule has 0 radical (unpaired) electrons. The lowest BCUT2D eigenvalue weighted by Crippen LogP contribution is -2.50. The highest BCUT2D eigenvalue weighted by Gasteiger charge is 2.33. The van der Waals surface area contributed by atoms with Crippen molar-refractivity contribution in [3.05, 3.63) is 23.8 Å². The van der Waals surface area contributed by atoms with Gasteiger partial charge in [-0.05, 0) is 51.1 Å². The molecule has 148 valence electrons. The summed E-state index contributed by atoms with van der Waals surface area (Å²) in [5.41, 5.74) is 1.13. The minimum Gasteiger partial charge on any atom is -0.353 e. The first-order chi connectivity index (χ1) is 13.2. The quantitative estimate of drug-likeness (QED) is 0.829. The predicted molar refractivity (Wildman–Crippen MR) is 105 cm³/mol. The Morgan fingerprint density at radius 2 is 2.00 bits per heavy atom.